The topological polar surface area (TPSA) is 84.2 Å². The molecule has 5 heteroatoms. The van der Waals surface area contributed by atoms with Gasteiger partial charge in [0.15, 0.2) is 0 Å². The Labute approximate surface area is 112 Å². The zero-order chi connectivity index (χ0) is 14.0. The fourth-order valence-electron chi connectivity index (χ4n) is 2.23. The van der Waals surface area contributed by atoms with Gasteiger partial charge >= 0.3 is 0 Å². The molecule has 0 aliphatic carbocycles. The molecule has 1 aliphatic heterocycles. The molecule has 0 bridgehead atoms. The smallest absolute Gasteiger partial charge is 0.251 e. The van der Waals surface area contributed by atoms with Crippen molar-refractivity contribution in [3.8, 4) is 0 Å². The van der Waals surface area contributed by atoms with E-state index in [4.69, 9.17) is 5.73 Å². The quantitative estimate of drug-likeness (QED) is 0.739. The highest BCUT2D eigenvalue weighted by Crippen LogP contribution is 2.17. The van der Waals surface area contributed by atoms with Gasteiger partial charge in [-0.2, -0.15) is 0 Å². The van der Waals surface area contributed by atoms with E-state index in [0.717, 1.165) is 18.7 Å². The van der Waals surface area contributed by atoms with Crippen LogP contribution in [0.5, 0.6) is 0 Å². The molecule has 0 saturated carbocycles. The number of nitrogens with one attached hydrogen (secondary N) is 2. The number of fused-ring (bicyclic) bond motifs is 1. The van der Waals surface area contributed by atoms with Crippen LogP contribution < -0.4 is 16.4 Å². The fourth-order valence-corrected chi connectivity index (χ4v) is 2.23. The summed E-state index contributed by atoms with van der Waals surface area (Å²) in [6.07, 6.45) is 0. The van der Waals surface area contributed by atoms with Gasteiger partial charge in [0.1, 0.15) is 6.04 Å². The van der Waals surface area contributed by atoms with Crippen LogP contribution in [0.1, 0.15) is 35.3 Å². The first-order valence-electron chi connectivity index (χ1n) is 6.41. The molecule has 5 nitrogen and oxygen atoms in total. The Morgan fingerprint density at radius 1 is 1.26 bits per heavy atom. The SMILES string of the molecule is CC(C)C(NC(=O)c1ccc2c(c1)CNC2)C(N)=O. The summed E-state index contributed by atoms with van der Waals surface area (Å²) in [6.45, 7) is 5.32. The first-order chi connectivity index (χ1) is 8.99. The van der Waals surface area contributed by atoms with Gasteiger partial charge in [0.05, 0.1) is 0 Å². The molecular formula is C14H19N3O2. The van der Waals surface area contributed by atoms with Crippen molar-refractivity contribution < 1.29 is 9.59 Å². The maximum Gasteiger partial charge on any atom is 0.251 e. The number of benzene rings is 1. The van der Waals surface area contributed by atoms with Crippen LogP contribution >= 0.6 is 0 Å². The lowest BCUT2D eigenvalue weighted by molar-refractivity contribution is -0.120. The summed E-state index contributed by atoms with van der Waals surface area (Å²) in [5.74, 6) is -0.795. The van der Waals surface area contributed by atoms with E-state index < -0.39 is 11.9 Å². The van der Waals surface area contributed by atoms with Gasteiger partial charge in [0, 0.05) is 18.7 Å². The van der Waals surface area contributed by atoms with Gasteiger partial charge in [0.25, 0.3) is 5.91 Å². The summed E-state index contributed by atoms with van der Waals surface area (Å²) in [6, 6.07) is 4.94. The van der Waals surface area contributed by atoms with Gasteiger partial charge in [-0.1, -0.05) is 19.9 Å². The third kappa shape index (κ3) is 2.93. The van der Waals surface area contributed by atoms with Crippen molar-refractivity contribution in [2.24, 2.45) is 11.7 Å². The molecule has 1 aliphatic rings. The van der Waals surface area contributed by atoms with Crippen LogP contribution in [0.25, 0.3) is 0 Å². The van der Waals surface area contributed by atoms with E-state index in [9.17, 15) is 9.59 Å². The summed E-state index contributed by atoms with van der Waals surface area (Å²) in [4.78, 5) is 23.4. The molecule has 1 atom stereocenters. The molecule has 0 spiro atoms. The van der Waals surface area contributed by atoms with E-state index in [1.54, 1.807) is 6.07 Å². The Kier molecular flexibility index (Phi) is 3.85. The van der Waals surface area contributed by atoms with Gasteiger partial charge in [-0.25, -0.2) is 0 Å². The lowest BCUT2D eigenvalue weighted by atomic mass is 10.0. The molecular weight excluding hydrogens is 242 g/mol. The molecule has 0 fully saturated rings. The van der Waals surface area contributed by atoms with Gasteiger partial charge in [0.2, 0.25) is 5.91 Å². The zero-order valence-corrected chi connectivity index (χ0v) is 11.2. The molecule has 0 saturated heterocycles. The zero-order valence-electron chi connectivity index (χ0n) is 11.2. The first kappa shape index (κ1) is 13.5. The highest BCUT2D eigenvalue weighted by molar-refractivity contribution is 5.97. The van der Waals surface area contributed by atoms with Crippen LogP contribution in [0.15, 0.2) is 18.2 Å². The Morgan fingerprint density at radius 3 is 2.58 bits per heavy atom. The fraction of sp³-hybridized carbons (Fsp3) is 0.429. The molecule has 19 heavy (non-hydrogen) atoms. The largest absolute Gasteiger partial charge is 0.368 e. The molecule has 0 aromatic heterocycles. The predicted octanol–water partition coefficient (Wildman–Crippen LogP) is 0.530. The van der Waals surface area contributed by atoms with Crippen LogP contribution in [0, 0.1) is 5.92 Å². The van der Waals surface area contributed by atoms with E-state index in [2.05, 4.69) is 10.6 Å². The third-order valence-corrected chi connectivity index (χ3v) is 3.36. The average molecular weight is 261 g/mol. The van der Waals surface area contributed by atoms with Crippen molar-refractivity contribution in [3.63, 3.8) is 0 Å². The molecule has 1 heterocycles. The standard InChI is InChI=1S/C14H19N3O2/c1-8(2)12(13(15)18)17-14(19)9-3-4-10-6-16-7-11(10)5-9/h3-5,8,12,16H,6-7H2,1-2H3,(H2,15,18)(H,17,19). The molecule has 4 N–H and O–H groups in total. The van der Waals surface area contributed by atoms with E-state index in [0.29, 0.717) is 5.56 Å². The number of carbonyl (C=O) groups is 2. The van der Waals surface area contributed by atoms with Crippen LogP contribution in [-0.4, -0.2) is 17.9 Å². The number of hydrogen-bond acceptors (Lipinski definition) is 3. The van der Waals surface area contributed by atoms with Gasteiger partial charge < -0.3 is 16.4 Å². The Bertz CT molecular complexity index is 511. The minimum Gasteiger partial charge on any atom is -0.368 e. The summed E-state index contributed by atoms with van der Waals surface area (Å²) in [5, 5.41) is 5.91. The van der Waals surface area contributed by atoms with E-state index in [1.807, 2.05) is 26.0 Å². The highest BCUT2D eigenvalue weighted by atomic mass is 16.2. The lowest BCUT2D eigenvalue weighted by Crippen LogP contribution is -2.47. The second-order valence-electron chi connectivity index (χ2n) is 5.18. The molecule has 102 valence electrons. The molecule has 1 aromatic rings. The summed E-state index contributed by atoms with van der Waals surface area (Å²) < 4.78 is 0. The normalized spacial score (nSPS) is 15.1. The molecule has 2 amide bonds. The number of amides is 2. The number of hydrogen-bond donors (Lipinski definition) is 3. The van der Waals surface area contributed by atoms with Crippen molar-refractivity contribution in [2.45, 2.75) is 33.0 Å². The van der Waals surface area contributed by atoms with Crippen LogP contribution in [0.4, 0.5) is 0 Å². The monoisotopic (exact) mass is 261 g/mol. The van der Waals surface area contributed by atoms with Crippen LogP contribution in [0.3, 0.4) is 0 Å². The molecule has 1 unspecified atom stereocenters. The van der Waals surface area contributed by atoms with Crippen molar-refractivity contribution in [2.75, 3.05) is 0 Å². The highest BCUT2D eigenvalue weighted by Gasteiger charge is 2.22. The third-order valence-electron chi connectivity index (χ3n) is 3.36. The van der Waals surface area contributed by atoms with Crippen molar-refractivity contribution in [1.82, 2.24) is 10.6 Å². The van der Waals surface area contributed by atoms with Crippen LogP contribution in [0.2, 0.25) is 0 Å². The van der Waals surface area contributed by atoms with E-state index in [1.165, 1.54) is 5.56 Å². The van der Waals surface area contributed by atoms with Gasteiger partial charge in [-0.15, -0.1) is 0 Å². The van der Waals surface area contributed by atoms with Crippen molar-refractivity contribution in [3.05, 3.63) is 34.9 Å². The number of rotatable bonds is 4. The number of primary amides is 1. The predicted molar refractivity (Wildman–Crippen MR) is 72.3 cm³/mol. The molecule has 1 aromatic carbocycles. The van der Waals surface area contributed by atoms with Gasteiger partial charge in [-0.3, -0.25) is 9.59 Å². The summed E-state index contributed by atoms with van der Waals surface area (Å²) in [5.41, 5.74) is 8.20. The Hall–Kier alpha value is -1.88. The van der Waals surface area contributed by atoms with Gasteiger partial charge in [-0.05, 0) is 29.2 Å². The van der Waals surface area contributed by atoms with Crippen molar-refractivity contribution in [1.29, 1.82) is 0 Å². The van der Waals surface area contributed by atoms with E-state index >= 15 is 0 Å². The maximum atomic E-state index is 12.1. The second kappa shape index (κ2) is 5.40. The first-order valence-corrected chi connectivity index (χ1v) is 6.41. The minimum atomic E-state index is -0.640. The van der Waals surface area contributed by atoms with E-state index in [-0.39, 0.29) is 11.8 Å². The second-order valence-corrected chi connectivity index (χ2v) is 5.18. The number of nitrogens with two attached hydrogens (primary N) is 1. The molecule has 2 rings (SSSR count). The molecule has 0 radical (unpaired) electrons. The van der Waals surface area contributed by atoms with Crippen molar-refractivity contribution >= 4 is 11.8 Å². The maximum absolute atomic E-state index is 12.1. The lowest BCUT2D eigenvalue weighted by Gasteiger charge is -2.19. The van der Waals surface area contributed by atoms with Crippen LogP contribution in [-0.2, 0) is 17.9 Å². The minimum absolute atomic E-state index is 0.0301. The average Bonchev–Trinajstić information content (AvgIpc) is 2.81. The Morgan fingerprint density at radius 2 is 1.95 bits per heavy atom. The summed E-state index contributed by atoms with van der Waals surface area (Å²) >= 11 is 0. The summed E-state index contributed by atoms with van der Waals surface area (Å²) in [7, 11) is 0. The Balaban J connectivity index is 2.13. The number of carbonyl (C=O) groups excluding carboxylic acids is 2.